The minimum Gasteiger partial charge on any atom is -0.325 e. The van der Waals surface area contributed by atoms with E-state index >= 15 is 0 Å². The molecule has 0 saturated heterocycles. The van der Waals surface area contributed by atoms with Crippen molar-refractivity contribution in [1.82, 2.24) is 5.43 Å². The molecule has 0 aliphatic rings. The highest BCUT2D eigenvalue weighted by Crippen LogP contribution is 2.14. The van der Waals surface area contributed by atoms with Crippen LogP contribution in [-0.4, -0.2) is 19.4 Å². The fourth-order valence-electron chi connectivity index (χ4n) is 1.93. The summed E-state index contributed by atoms with van der Waals surface area (Å²) in [5.41, 5.74) is 9.30. The number of hydrogen-bond acceptors (Lipinski definition) is 3. The number of nitrogens with zero attached hydrogens (tertiary/aromatic N) is 1. The Morgan fingerprint density at radius 3 is 2.37 bits per heavy atom. The summed E-state index contributed by atoms with van der Waals surface area (Å²) in [5, 5.41) is 1.81. The number of benzene rings is 2. The Morgan fingerprint density at radius 2 is 1.74 bits per heavy atom. The van der Waals surface area contributed by atoms with Gasteiger partial charge in [0.25, 0.3) is 0 Å². The Labute approximate surface area is 112 Å². The zero-order valence-electron chi connectivity index (χ0n) is 11.0. The van der Waals surface area contributed by atoms with Gasteiger partial charge in [-0.05, 0) is 24.3 Å². The van der Waals surface area contributed by atoms with Gasteiger partial charge < -0.3 is 10.7 Å². The molecule has 0 aromatic heterocycles. The normalized spacial score (nSPS) is 10.2. The maximum Gasteiger partial charge on any atom is 0.189 e. The van der Waals surface area contributed by atoms with E-state index in [1.807, 2.05) is 59.6 Å². The third-order valence-electron chi connectivity index (χ3n) is 2.96. The SMILES string of the molecule is CNN(CC(=O)c1ccccc1[NH3+])c1ccccc1. The lowest BCUT2D eigenvalue weighted by Gasteiger charge is -2.22. The molecule has 0 heterocycles. The van der Waals surface area contributed by atoms with E-state index in [9.17, 15) is 4.79 Å². The molecule has 4 nitrogen and oxygen atoms in total. The highest BCUT2D eigenvalue weighted by atomic mass is 16.1. The van der Waals surface area contributed by atoms with Crippen LogP contribution in [0, 0.1) is 0 Å². The topological polar surface area (TPSA) is 60.0 Å². The summed E-state index contributed by atoms with van der Waals surface area (Å²) in [4.78, 5) is 12.3. The van der Waals surface area contributed by atoms with Crippen LogP contribution in [0.1, 0.15) is 10.4 Å². The molecule has 0 aliphatic carbocycles. The fourth-order valence-corrected chi connectivity index (χ4v) is 1.93. The van der Waals surface area contributed by atoms with E-state index < -0.39 is 0 Å². The fraction of sp³-hybridized carbons (Fsp3) is 0.133. The molecule has 4 heteroatoms. The molecule has 0 saturated carbocycles. The first-order valence-corrected chi connectivity index (χ1v) is 6.16. The molecule has 0 fully saturated rings. The van der Waals surface area contributed by atoms with E-state index in [0.29, 0.717) is 5.56 Å². The predicted molar refractivity (Wildman–Crippen MR) is 76.2 cm³/mol. The maximum absolute atomic E-state index is 12.3. The first-order valence-electron chi connectivity index (χ1n) is 6.16. The van der Waals surface area contributed by atoms with Gasteiger partial charge in [0.2, 0.25) is 0 Å². The zero-order valence-corrected chi connectivity index (χ0v) is 11.0. The molecular formula is C15H18N3O+. The van der Waals surface area contributed by atoms with Crippen LogP contribution in [0.15, 0.2) is 54.6 Å². The number of para-hydroxylation sites is 1. The summed E-state index contributed by atoms with van der Waals surface area (Å²) >= 11 is 0. The van der Waals surface area contributed by atoms with Crippen molar-refractivity contribution in [3.8, 4) is 0 Å². The summed E-state index contributed by atoms with van der Waals surface area (Å²) in [6.07, 6.45) is 0. The van der Waals surface area contributed by atoms with Crippen molar-refractivity contribution in [2.24, 2.45) is 0 Å². The number of nitrogens with one attached hydrogen (secondary N) is 1. The number of hydrogen-bond donors (Lipinski definition) is 2. The molecule has 2 rings (SSSR count). The minimum atomic E-state index is 0.0452. The van der Waals surface area contributed by atoms with Gasteiger partial charge in [0.05, 0.1) is 17.8 Å². The van der Waals surface area contributed by atoms with Crippen LogP contribution in [0.5, 0.6) is 0 Å². The maximum atomic E-state index is 12.3. The molecule has 19 heavy (non-hydrogen) atoms. The molecule has 4 N–H and O–H groups in total. The Morgan fingerprint density at radius 1 is 1.11 bits per heavy atom. The first kappa shape index (κ1) is 13.3. The molecule has 0 spiro atoms. The second-order valence-electron chi connectivity index (χ2n) is 4.23. The monoisotopic (exact) mass is 256 g/mol. The highest BCUT2D eigenvalue weighted by Gasteiger charge is 2.15. The second-order valence-corrected chi connectivity index (χ2v) is 4.23. The standard InChI is InChI=1S/C15H17N3O/c1-17-18(12-7-3-2-4-8-12)11-15(19)13-9-5-6-10-14(13)16/h2-10,17H,11,16H2,1H3/p+1. The summed E-state index contributed by atoms with van der Waals surface area (Å²) in [5.74, 6) is 0.0452. The average molecular weight is 256 g/mol. The number of rotatable bonds is 5. The molecule has 0 bridgehead atoms. The first-order chi connectivity index (χ1) is 9.22. The highest BCUT2D eigenvalue weighted by molar-refractivity contribution is 6.02. The van der Waals surface area contributed by atoms with Gasteiger partial charge in [-0.3, -0.25) is 4.79 Å². The number of Topliss-reactive ketones (excluding diaryl/α,β-unsaturated/α-hetero) is 1. The smallest absolute Gasteiger partial charge is 0.189 e. The van der Waals surface area contributed by atoms with Gasteiger partial charge in [-0.15, -0.1) is 0 Å². The van der Waals surface area contributed by atoms with Crippen LogP contribution in [0.4, 0.5) is 11.4 Å². The van der Waals surface area contributed by atoms with Crippen molar-refractivity contribution in [1.29, 1.82) is 0 Å². The van der Waals surface area contributed by atoms with E-state index in [1.165, 1.54) is 0 Å². The molecule has 0 atom stereocenters. The van der Waals surface area contributed by atoms with Gasteiger partial charge >= 0.3 is 0 Å². The Hall–Kier alpha value is -2.17. The largest absolute Gasteiger partial charge is 0.325 e. The lowest BCUT2D eigenvalue weighted by Crippen LogP contribution is -2.44. The summed E-state index contributed by atoms with van der Waals surface area (Å²) in [6, 6.07) is 17.1. The Bertz CT molecular complexity index is 554. The van der Waals surface area contributed by atoms with Gasteiger partial charge in [-0.25, -0.2) is 5.43 Å². The van der Waals surface area contributed by atoms with Gasteiger partial charge in [0.1, 0.15) is 5.69 Å². The van der Waals surface area contributed by atoms with E-state index in [-0.39, 0.29) is 12.3 Å². The van der Waals surface area contributed by atoms with E-state index in [1.54, 1.807) is 7.05 Å². The van der Waals surface area contributed by atoms with Crippen molar-refractivity contribution in [3.05, 3.63) is 60.2 Å². The molecular weight excluding hydrogens is 238 g/mol. The number of anilines is 1. The van der Waals surface area contributed by atoms with Crippen molar-refractivity contribution in [2.75, 3.05) is 18.6 Å². The number of quaternary nitrogens is 1. The molecule has 0 radical (unpaired) electrons. The molecule has 2 aromatic carbocycles. The number of carbonyl (C=O) groups is 1. The minimum absolute atomic E-state index is 0.0452. The quantitative estimate of drug-likeness (QED) is 0.627. The summed E-state index contributed by atoms with van der Waals surface area (Å²) < 4.78 is 0. The van der Waals surface area contributed by atoms with Gasteiger partial charge in [-0.1, -0.05) is 30.3 Å². The second kappa shape index (κ2) is 6.13. The predicted octanol–water partition coefficient (Wildman–Crippen LogP) is 1.38. The van der Waals surface area contributed by atoms with Crippen LogP contribution < -0.4 is 16.2 Å². The summed E-state index contributed by atoms with van der Waals surface area (Å²) in [7, 11) is 1.80. The van der Waals surface area contributed by atoms with Gasteiger partial charge in [-0.2, -0.15) is 0 Å². The molecule has 0 unspecified atom stereocenters. The van der Waals surface area contributed by atoms with Crippen LogP contribution in [0.2, 0.25) is 0 Å². The third kappa shape index (κ3) is 3.19. The average Bonchev–Trinajstić information content (AvgIpc) is 2.46. The molecule has 0 aliphatic heterocycles. The van der Waals surface area contributed by atoms with Crippen LogP contribution >= 0.6 is 0 Å². The zero-order chi connectivity index (χ0) is 13.7. The Kier molecular flexibility index (Phi) is 4.28. The van der Waals surface area contributed by atoms with Crippen LogP contribution in [0.25, 0.3) is 0 Å². The molecule has 98 valence electrons. The van der Waals surface area contributed by atoms with Crippen LogP contribution in [0.3, 0.4) is 0 Å². The van der Waals surface area contributed by atoms with Crippen molar-refractivity contribution in [3.63, 3.8) is 0 Å². The number of carbonyl (C=O) groups excluding carboxylic acids is 1. The molecule has 0 amide bonds. The van der Waals surface area contributed by atoms with Crippen molar-refractivity contribution < 1.29 is 10.5 Å². The Balaban J connectivity index is 2.16. The third-order valence-corrected chi connectivity index (χ3v) is 2.96. The number of ketones is 1. The van der Waals surface area contributed by atoms with Crippen molar-refractivity contribution in [2.45, 2.75) is 0 Å². The van der Waals surface area contributed by atoms with E-state index in [4.69, 9.17) is 0 Å². The molecule has 2 aromatic rings. The van der Waals surface area contributed by atoms with Gasteiger partial charge in [0, 0.05) is 7.05 Å². The lowest BCUT2D eigenvalue weighted by atomic mass is 10.1. The van der Waals surface area contributed by atoms with Crippen molar-refractivity contribution >= 4 is 17.2 Å². The summed E-state index contributed by atoms with van der Waals surface area (Å²) in [6.45, 7) is 0.271. The van der Waals surface area contributed by atoms with E-state index in [0.717, 1.165) is 11.4 Å². The van der Waals surface area contributed by atoms with Gasteiger partial charge in [0.15, 0.2) is 5.78 Å². The lowest BCUT2D eigenvalue weighted by molar-refractivity contribution is -0.255. The van der Waals surface area contributed by atoms with Crippen LogP contribution in [-0.2, 0) is 0 Å². The van der Waals surface area contributed by atoms with E-state index in [2.05, 4.69) is 11.2 Å². The number of hydrazine groups is 1.